The summed E-state index contributed by atoms with van der Waals surface area (Å²) in [5.41, 5.74) is 1.19. The zero-order chi connectivity index (χ0) is 17.0. The Hall–Kier alpha value is -1.19. The molecule has 0 aromatic carbocycles. The van der Waals surface area contributed by atoms with E-state index in [0.29, 0.717) is 10.0 Å². The van der Waals surface area contributed by atoms with Gasteiger partial charge in [0.15, 0.2) is 0 Å². The van der Waals surface area contributed by atoms with E-state index in [-0.39, 0.29) is 10.8 Å². The van der Waals surface area contributed by atoms with Gasteiger partial charge in [0.25, 0.3) is 0 Å². The van der Waals surface area contributed by atoms with Crippen molar-refractivity contribution in [1.29, 1.82) is 0 Å². The lowest BCUT2D eigenvalue weighted by atomic mass is 9.92. The van der Waals surface area contributed by atoms with Crippen molar-refractivity contribution in [2.75, 3.05) is 0 Å². The van der Waals surface area contributed by atoms with Crippen LogP contribution in [0.25, 0.3) is 0 Å². The number of pyridine rings is 1. The molecule has 0 fully saturated rings. The quantitative estimate of drug-likeness (QED) is 0.639. The molecule has 0 N–H and O–H groups in total. The number of aromatic nitrogens is 3. The molecule has 120 valence electrons. The van der Waals surface area contributed by atoms with E-state index in [4.69, 9.17) is 23.2 Å². The Morgan fingerprint density at radius 2 is 1.18 bits per heavy atom. The second-order valence-corrected chi connectivity index (χ2v) is 7.96. The zero-order valence-corrected chi connectivity index (χ0v) is 15.5. The van der Waals surface area contributed by atoms with Crippen LogP contribution in [-0.2, 0) is 10.8 Å². The topological polar surface area (TPSA) is 38.7 Å². The Morgan fingerprint density at radius 1 is 0.682 bits per heavy atom. The summed E-state index contributed by atoms with van der Waals surface area (Å²) in [5, 5.41) is 1.27. The predicted octanol–water partition coefficient (Wildman–Crippen LogP) is 5.46. The molecule has 2 aromatic heterocycles. The van der Waals surface area contributed by atoms with Crippen LogP contribution in [0.2, 0.25) is 10.0 Å². The Balaban J connectivity index is 0.000000220. The van der Waals surface area contributed by atoms with E-state index in [1.165, 1.54) is 0 Å². The molecule has 0 bridgehead atoms. The normalized spacial score (nSPS) is 11.6. The third-order valence-electron chi connectivity index (χ3n) is 2.79. The largest absolute Gasteiger partial charge is 0.259 e. The second-order valence-electron chi connectivity index (χ2n) is 7.09. The summed E-state index contributed by atoms with van der Waals surface area (Å²) in [6.45, 7) is 12.6. The van der Waals surface area contributed by atoms with Crippen LogP contribution in [0.5, 0.6) is 0 Å². The number of halogens is 2. The molecular formula is C17H23Cl2N3. The van der Waals surface area contributed by atoms with Gasteiger partial charge >= 0.3 is 0 Å². The van der Waals surface area contributed by atoms with Gasteiger partial charge in [-0.05, 0) is 12.1 Å². The molecule has 0 saturated carbocycles. The van der Waals surface area contributed by atoms with Gasteiger partial charge in [0.1, 0.15) is 5.82 Å². The van der Waals surface area contributed by atoms with Crippen molar-refractivity contribution in [2.24, 2.45) is 0 Å². The minimum Gasteiger partial charge on any atom is -0.259 e. The van der Waals surface area contributed by atoms with Gasteiger partial charge in [-0.2, -0.15) is 0 Å². The van der Waals surface area contributed by atoms with Gasteiger partial charge in [-0.1, -0.05) is 64.7 Å². The standard InChI is InChI=1S/C9H12ClN.C8H11ClN2/c1-9(2,3)8-5-4-7(10)6-11-8;1-8(2,3)7-10-4-6(9)5-11-7/h4-6H,1-3H3;4-5H,1-3H3. The van der Waals surface area contributed by atoms with Gasteiger partial charge < -0.3 is 0 Å². The summed E-state index contributed by atoms with van der Waals surface area (Å²) < 4.78 is 0. The number of rotatable bonds is 0. The van der Waals surface area contributed by atoms with Crippen LogP contribution in [0, 0.1) is 0 Å². The minimum absolute atomic E-state index is 0.00455. The number of nitrogens with zero attached hydrogens (tertiary/aromatic N) is 3. The van der Waals surface area contributed by atoms with Crippen molar-refractivity contribution in [3.63, 3.8) is 0 Å². The molecule has 0 aliphatic heterocycles. The van der Waals surface area contributed by atoms with Crippen LogP contribution in [-0.4, -0.2) is 15.0 Å². The Labute approximate surface area is 143 Å². The molecule has 0 amide bonds. The zero-order valence-electron chi connectivity index (χ0n) is 14.0. The highest BCUT2D eigenvalue weighted by Gasteiger charge is 2.16. The fourth-order valence-electron chi connectivity index (χ4n) is 1.52. The van der Waals surface area contributed by atoms with Crippen LogP contribution in [0.3, 0.4) is 0 Å². The van der Waals surface area contributed by atoms with E-state index in [2.05, 4.69) is 56.5 Å². The number of hydrogen-bond donors (Lipinski definition) is 0. The van der Waals surface area contributed by atoms with Gasteiger partial charge in [-0.15, -0.1) is 0 Å². The average molecular weight is 340 g/mol. The molecule has 0 radical (unpaired) electrons. The molecule has 22 heavy (non-hydrogen) atoms. The van der Waals surface area contributed by atoms with Crippen molar-refractivity contribution in [1.82, 2.24) is 15.0 Å². The maximum absolute atomic E-state index is 5.70. The Morgan fingerprint density at radius 3 is 1.55 bits per heavy atom. The molecule has 5 heteroatoms. The first-order valence-electron chi connectivity index (χ1n) is 7.10. The molecule has 0 saturated heterocycles. The second kappa shape index (κ2) is 7.38. The summed E-state index contributed by atoms with van der Waals surface area (Å²) in [7, 11) is 0. The van der Waals surface area contributed by atoms with Gasteiger partial charge in [-0.25, -0.2) is 9.97 Å². The highest BCUT2D eigenvalue weighted by atomic mass is 35.5. The van der Waals surface area contributed by atoms with E-state index in [0.717, 1.165) is 11.5 Å². The molecule has 0 aliphatic carbocycles. The van der Waals surface area contributed by atoms with Crippen molar-refractivity contribution in [3.05, 3.63) is 52.3 Å². The van der Waals surface area contributed by atoms with Gasteiger partial charge in [0.2, 0.25) is 0 Å². The highest BCUT2D eigenvalue weighted by Crippen LogP contribution is 2.20. The van der Waals surface area contributed by atoms with Crippen molar-refractivity contribution >= 4 is 23.2 Å². The summed E-state index contributed by atoms with van der Waals surface area (Å²) >= 11 is 11.3. The molecule has 3 nitrogen and oxygen atoms in total. The molecule has 2 heterocycles. The minimum atomic E-state index is 0.00455. The summed E-state index contributed by atoms with van der Waals surface area (Å²) in [6.07, 6.45) is 4.92. The number of hydrogen-bond acceptors (Lipinski definition) is 3. The van der Waals surface area contributed by atoms with E-state index in [9.17, 15) is 0 Å². The summed E-state index contributed by atoms with van der Waals surface area (Å²) in [4.78, 5) is 12.4. The SMILES string of the molecule is CC(C)(C)c1ccc(Cl)cn1.CC(C)(C)c1ncc(Cl)cn1. The molecule has 0 aliphatic rings. The lowest BCUT2D eigenvalue weighted by Crippen LogP contribution is -2.15. The summed E-state index contributed by atoms with van der Waals surface area (Å²) in [6, 6.07) is 3.83. The molecule has 0 atom stereocenters. The van der Waals surface area contributed by atoms with Crippen molar-refractivity contribution in [3.8, 4) is 0 Å². The first-order chi connectivity index (χ1) is 10.00. The molecule has 0 spiro atoms. The summed E-state index contributed by atoms with van der Waals surface area (Å²) in [5.74, 6) is 0.821. The van der Waals surface area contributed by atoms with Crippen LogP contribution in [0.1, 0.15) is 53.1 Å². The first-order valence-corrected chi connectivity index (χ1v) is 7.86. The monoisotopic (exact) mass is 339 g/mol. The third-order valence-corrected chi connectivity index (χ3v) is 3.21. The first kappa shape index (κ1) is 18.9. The van der Waals surface area contributed by atoms with Crippen molar-refractivity contribution in [2.45, 2.75) is 52.4 Å². The smallest absolute Gasteiger partial charge is 0.133 e. The van der Waals surface area contributed by atoms with E-state index in [1.54, 1.807) is 18.6 Å². The third kappa shape index (κ3) is 6.29. The van der Waals surface area contributed by atoms with Crippen LogP contribution in [0.4, 0.5) is 0 Å². The van der Waals surface area contributed by atoms with Crippen LogP contribution in [0.15, 0.2) is 30.7 Å². The molecule has 2 rings (SSSR count). The highest BCUT2D eigenvalue weighted by molar-refractivity contribution is 6.30. The van der Waals surface area contributed by atoms with Crippen molar-refractivity contribution < 1.29 is 0 Å². The average Bonchev–Trinajstić information content (AvgIpc) is 2.38. The predicted molar refractivity (Wildman–Crippen MR) is 93.7 cm³/mol. The van der Waals surface area contributed by atoms with E-state index >= 15 is 0 Å². The van der Waals surface area contributed by atoms with Crippen LogP contribution >= 0.6 is 23.2 Å². The van der Waals surface area contributed by atoms with E-state index < -0.39 is 0 Å². The fraction of sp³-hybridized carbons (Fsp3) is 0.471. The Kier molecular flexibility index (Phi) is 6.33. The molecular weight excluding hydrogens is 317 g/mol. The molecule has 0 unspecified atom stereocenters. The maximum Gasteiger partial charge on any atom is 0.133 e. The van der Waals surface area contributed by atoms with Gasteiger partial charge in [0, 0.05) is 35.1 Å². The lowest BCUT2D eigenvalue weighted by molar-refractivity contribution is 0.545. The van der Waals surface area contributed by atoms with Gasteiger partial charge in [-0.3, -0.25) is 4.98 Å². The van der Waals surface area contributed by atoms with Gasteiger partial charge in [0.05, 0.1) is 10.0 Å². The van der Waals surface area contributed by atoms with E-state index in [1.807, 2.05) is 12.1 Å². The maximum atomic E-state index is 5.70. The van der Waals surface area contributed by atoms with Crippen LogP contribution < -0.4 is 0 Å². The lowest BCUT2D eigenvalue weighted by Gasteiger charge is -2.16. The fourth-order valence-corrected chi connectivity index (χ4v) is 1.73. The molecule has 2 aromatic rings. The Bertz CT molecular complexity index is 524.